The number of allylic oxidation sites excluding steroid dienone is 2. The highest BCUT2D eigenvalue weighted by Crippen LogP contribution is 2.44. The van der Waals surface area contributed by atoms with Crippen LogP contribution in [0.3, 0.4) is 0 Å². The normalized spacial score (nSPS) is 20.1. The first kappa shape index (κ1) is 31.0. The van der Waals surface area contributed by atoms with Gasteiger partial charge in [0, 0.05) is 40.8 Å². The Labute approximate surface area is 262 Å². The van der Waals surface area contributed by atoms with Gasteiger partial charge in [-0.1, -0.05) is 0 Å². The Kier molecular flexibility index (Phi) is 8.59. The number of rotatable bonds is 5. The molecule has 0 bridgehead atoms. The third-order valence-electron chi connectivity index (χ3n) is 8.51. The van der Waals surface area contributed by atoms with E-state index in [4.69, 9.17) is 9.47 Å². The van der Waals surface area contributed by atoms with Crippen LogP contribution in [0.4, 0.5) is 8.63 Å². The number of benzene rings is 1. The van der Waals surface area contributed by atoms with Crippen molar-refractivity contribution in [1.82, 2.24) is 4.57 Å². The van der Waals surface area contributed by atoms with Crippen molar-refractivity contribution in [2.75, 3.05) is 6.61 Å². The molecule has 6 nitrogen and oxygen atoms in total. The summed E-state index contributed by atoms with van der Waals surface area (Å²) < 4.78 is 46.0. The second kappa shape index (κ2) is 11.1. The lowest BCUT2D eigenvalue weighted by atomic mass is 9.87. The van der Waals surface area contributed by atoms with Gasteiger partial charge in [-0.2, -0.15) is 0 Å². The van der Waals surface area contributed by atoms with Gasteiger partial charge in [0.15, 0.2) is 11.4 Å². The Morgan fingerprint density at radius 1 is 1.10 bits per heavy atom. The Hall–Kier alpha value is -1.90. The maximum absolute atomic E-state index is 14.5. The second-order valence-electron chi connectivity index (χ2n) is 10.9. The molecule has 4 rings (SSSR count). The summed E-state index contributed by atoms with van der Waals surface area (Å²) in [4.78, 5) is 13.7. The minimum absolute atomic E-state index is 0.196. The number of fused-ring (bicyclic) bond motifs is 1. The molecular formula is C29H34BF2I2N2O4+. The molecule has 214 valence electrons. The van der Waals surface area contributed by atoms with Crippen LogP contribution >= 0.6 is 45.2 Å². The summed E-state index contributed by atoms with van der Waals surface area (Å²) in [5.41, 5.74) is 6.63. The van der Waals surface area contributed by atoms with Crippen molar-refractivity contribution in [3.8, 4) is 11.5 Å². The van der Waals surface area contributed by atoms with E-state index in [1.807, 2.05) is 53.2 Å². The van der Waals surface area contributed by atoms with Crippen molar-refractivity contribution in [2.24, 2.45) is 7.05 Å². The summed E-state index contributed by atoms with van der Waals surface area (Å²) in [5, 5.41) is 10.5. The standard InChI is InChI=1S/C29H33BF2I2N2O4/c1-13-14(2)27-20(15(3)26(13)37)10-11-29(8,40-27)28(38)39-12-21(24-16(4)22(33)18(6)35(24)9)25-17(5)23(34)19(7)36(25)30(31)32/h10-12H2,1-9H3/p+1. The number of phenolic OH excluding ortho intramolecular Hbond substituents is 1. The molecule has 1 aromatic heterocycles. The van der Waals surface area contributed by atoms with Crippen molar-refractivity contribution < 1.29 is 32.5 Å². The summed E-state index contributed by atoms with van der Waals surface area (Å²) >= 11 is 4.36. The molecule has 0 aliphatic carbocycles. The third kappa shape index (κ3) is 4.82. The van der Waals surface area contributed by atoms with E-state index in [0.29, 0.717) is 46.7 Å². The molecular weight excluding hydrogens is 743 g/mol. The van der Waals surface area contributed by atoms with Crippen LogP contribution in [0.2, 0.25) is 0 Å². The summed E-state index contributed by atoms with van der Waals surface area (Å²) in [7, 11) is -0.860. The number of nitrogens with zero attached hydrogens (tertiary/aromatic N) is 2. The SMILES string of the molecule is CC1=C(I)C(C)=[N+](B(F)F)C1=C(COC(=O)C1(C)CCc2c(C)c(O)c(C)c(C)c2O1)c1c(C)c(I)c(C)n1C. The van der Waals surface area contributed by atoms with E-state index >= 15 is 0 Å². The maximum Gasteiger partial charge on any atom is 0.934 e. The molecule has 11 heteroatoms. The number of hydrogen-bond acceptors (Lipinski definition) is 4. The quantitative estimate of drug-likeness (QED) is 0.201. The monoisotopic (exact) mass is 777 g/mol. The molecule has 40 heavy (non-hydrogen) atoms. The molecule has 0 radical (unpaired) electrons. The number of aromatic hydroxyl groups is 1. The largest absolute Gasteiger partial charge is 0.934 e. The molecule has 2 aliphatic rings. The summed E-state index contributed by atoms with van der Waals surface area (Å²) in [6, 6.07) is 0. The van der Waals surface area contributed by atoms with E-state index in [2.05, 4.69) is 45.2 Å². The number of phenols is 1. The maximum atomic E-state index is 14.5. The van der Waals surface area contributed by atoms with Crippen molar-refractivity contribution in [2.45, 2.75) is 73.8 Å². The lowest BCUT2D eigenvalue weighted by Gasteiger charge is -2.36. The van der Waals surface area contributed by atoms with Crippen molar-refractivity contribution in [1.29, 1.82) is 0 Å². The summed E-state index contributed by atoms with van der Waals surface area (Å²) in [5.74, 6) is 0.283. The Balaban J connectivity index is 1.78. The van der Waals surface area contributed by atoms with Crippen molar-refractivity contribution in [3.63, 3.8) is 0 Å². The van der Waals surface area contributed by atoms with E-state index in [0.717, 1.165) is 45.3 Å². The lowest BCUT2D eigenvalue weighted by Crippen LogP contribution is -2.46. The summed E-state index contributed by atoms with van der Waals surface area (Å²) in [6.45, 7) is 14.5. The minimum atomic E-state index is -2.76. The van der Waals surface area contributed by atoms with E-state index in [-0.39, 0.29) is 12.4 Å². The topological polar surface area (TPSA) is 63.7 Å². The van der Waals surface area contributed by atoms with Gasteiger partial charge in [0.05, 0.1) is 14.8 Å². The highest BCUT2D eigenvalue weighted by atomic mass is 127. The van der Waals surface area contributed by atoms with Crippen molar-refractivity contribution >= 4 is 69.8 Å². The molecule has 0 amide bonds. The zero-order valence-corrected chi connectivity index (χ0v) is 28.6. The average Bonchev–Trinajstić information content (AvgIpc) is 3.25. The van der Waals surface area contributed by atoms with E-state index in [1.165, 1.54) is 0 Å². The minimum Gasteiger partial charge on any atom is -0.507 e. The Bertz CT molecular complexity index is 1530. The number of hydrogen-bond donors (Lipinski definition) is 1. The average molecular weight is 777 g/mol. The van der Waals surface area contributed by atoms with Gasteiger partial charge >= 0.3 is 13.4 Å². The van der Waals surface area contributed by atoms with E-state index < -0.39 is 19.0 Å². The third-order valence-corrected chi connectivity index (χ3v) is 11.7. The zero-order chi connectivity index (χ0) is 30.0. The molecule has 3 heterocycles. The molecule has 2 aliphatic heterocycles. The fraction of sp³-hybridized carbons (Fsp3) is 0.448. The molecule has 0 spiro atoms. The highest BCUT2D eigenvalue weighted by Gasteiger charge is 2.48. The van der Waals surface area contributed by atoms with E-state index in [1.54, 1.807) is 13.8 Å². The Morgan fingerprint density at radius 2 is 1.73 bits per heavy atom. The summed E-state index contributed by atoms with van der Waals surface area (Å²) in [6.07, 6.45) is 0.900. The molecule has 0 saturated carbocycles. The zero-order valence-electron chi connectivity index (χ0n) is 24.3. The van der Waals surface area contributed by atoms with Crippen LogP contribution in [0, 0.1) is 38.2 Å². The Morgan fingerprint density at radius 3 is 2.27 bits per heavy atom. The van der Waals surface area contributed by atoms with Crippen LogP contribution in [-0.4, -0.2) is 45.5 Å². The number of aromatic nitrogens is 1. The van der Waals surface area contributed by atoms with Gasteiger partial charge in [-0.05, 0) is 122 Å². The van der Waals surface area contributed by atoms with Crippen LogP contribution < -0.4 is 4.74 Å². The van der Waals surface area contributed by atoms with Gasteiger partial charge in [-0.3, -0.25) is 0 Å². The fourth-order valence-corrected chi connectivity index (χ4v) is 6.88. The predicted octanol–water partition coefficient (Wildman–Crippen LogP) is 7.04. The smallest absolute Gasteiger partial charge is 0.507 e. The van der Waals surface area contributed by atoms with Gasteiger partial charge in [0.25, 0.3) is 0 Å². The first-order valence-electron chi connectivity index (χ1n) is 13.1. The first-order valence-corrected chi connectivity index (χ1v) is 15.2. The number of halogens is 4. The van der Waals surface area contributed by atoms with Crippen molar-refractivity contribution in [3.05, 3.63) is 57.6 Å². The van der Waals surface area contributed by atoms with Gasteiger partial charge in [0.2, 0.25) is 5.60 Å². The van der Waals surface area contributed by atoms with Crippen LogP contribution in [0.5, 0.6) is 11.5 Å². The van der Waals surface area contributed by atoms with Crippen LogP contribution in [-0.2, 0) is 23.0 Å². The molecule has 1 unspecified atom stereocenters. The van der Waals surface area contributed by atoms with Gasteiger partial charge < -0.3 is 19.1 Å². The number of esters is 1. The van der Waals surface area contributed by atoms with E-state index in [9.17, 15) is 18.5 Å². The van der Waals surface area contributed by atoms with Crippen LogP contribution in [0.15, 0.2) is 14.8 Å². The number of carbonyl (C=O) groups is 1. The van der Waals surface area contributed by atoms with Gasteiger partial charge in [-0.25, -0.2) is 17.9 Å². The molecule has 1 N–H and O–H groups in total. The number of carbonyl (C=O) groups excluding carboxylic acids is 1. The molecule has 0 saturated heterocycles. The molecule has 1 atom stereocenters. The second-order valence-corrected chi connectivity index (χ2v) is 13.0. The first-order chi connectivity index (χ1) is 18.5. The highest BCUT2D eigenvalue weighted by molar-refractivity contribution is 14.1. The molecule has 1 aromatic carbocycles. The molecule has 0 fully saturated rings. The molecule has 2 aromatic rings. The van der Waals surface area contributed by atoms with Crippen LogP contribution in [0.1, 0.15) is 66.4 Å². The predicted molar refractivity (Wildman–Crippen MR) is 171 cm³/mol. The fourth-order valence-electron chi connectivity index (χ4n) is 5.75. The lowest BCUT2D eigenvalue weighted by molar-refractivity contribution is -0.343. The van der Waals surface area contributed by atoms with Crippen LogP contribution in [0.25, 0.3) is 5.57 Å². The van der Waals surface area contributed by atoms with Gasteiger partial charge in [-0.15, -0.1) is 0 Å². The van der Waals surface area contributed by atoms with Gasteiger partial charge in [0.1, 0.15) is 18.1 Å². The number of ether oxygens (including phenoxy) is 2.